The highest BCUT2D eigenvalue weighted by Gasteiger charge is 2.14. The van der Waals surface area contributed by atoms with E-state index in [1.54, 1.807) is 6.92 Å². The second kappa shape index (κ2) is 9.25. The molecule has 0 aliphatic rings. The number of aryl methyl sites for hydroxylation is 1. The van der Waals surface area contributed by atoms with Crippen molar-refractivity contribution in [3.05, 3.63) is 13.6 Å². The zero-order chi connectivity index (χ0) is 12.7. The molecule has 0 aromatic carbocycles. The summed E-state index contributed by atoms with van der Waals surface area (Å²) in [5.74, 6) is -0.325. The van der Waals surface area contributed by atoms with Gasteiger partial charge in [0.2, 0.25) is 0 Å². The predicted octanol–water partition coefficient (Wildman–Crippen LogP) is 4.44. The van der Waals surface area contributed by atoms with E-state index < -0.39 is 0 Å². The standard InChI is InChI=1S/C7H8INO2S.C2H4I2/c1-3-11-6(10)5-4(2)12-7(8)9-5;1-2(3)4/h3H2,1-2H3;2H,1H3. The first-order chi connectivity index (χ1) is 7.38. The van der Waals surface area contributed by atoms with Crippen LogP contribution in [0.2, 0.25) is 0 Å². The first kappa shape index (κ1) is 17.3. The molecule has 0 saturated carbocycles. The van der Waals surface area contributed by atoms with Gasteiger partial charge < -0.3 is 4.74 Å². The summed E-state index contributed by atoms with van der Waals surface area (Å²) in [7, 11) is 0. The lowest BCUT2D eigenvalue weighted by Gasteiger charge is -1.97. The molecule has 0 amide bonds. The number of carbonyl (C=O) groups excluding carboxylic acids is 1. The van der Waals surface area contributed by atoms with Gasteiger partial charge in [-0.3, -0.25) is 0 Å². The Bertz CT molecular complexity index is 339. The van der Waals surface area contributed by atoms with Crippen LogP contribution in [-0.4, -0.2) is 19.5 Å². The third-order valence-corrected chi connectivity index (χ3v) is 2.90. The van der Waals surface area contributed by atoms with Gasteiger partial charge in [0.25, 0.3) is 0 Å². The van der Waals surface area contributed by atoms with Gasteiger partial charge >= 0.3 is 5.97 Å². The first-order valence-electron chi connectivity index (χ1n) is 4.46. The minimum absolute atomic E-state index is 0.325. The molecule has 0 N–H and O–H groups in total. The molecule has 0 aliphatic heterocycles. The molecule has 0 fully saturated rings. The van der Waals surface area contributed by atoms with E-state index >= 15 is 0 Å². The highest BCUT2D eigenvalue weighted by atomic mass is 127. The van der Waals surface area contributed by atoms with Crippen molar-refractivity contribution in [2.24, 2.45) is 0 Å². The second-order valence-electron chi connectivity index (χ2n) is 2.61. The van der Waals surface area contributed by atoms with Crippen LogP contribution in [0.4, 0.5) is 0 Å². The van der Waals surface area contributed by atoms with Crippen LogP contribution in [0.3, 0.4) is 0 Å². The van der Waals surface area contributed by atoms with Gasteiger partial charge in [-0.25, -0.2) is 9.78 Å². The molecule has 3 nitrogen and oxygen atoms in total. The molecular formula is C9H12I3NO2S. The highest BCUT2D eigenvalue weighted by molar-refractivity contribution is 14.2. The number of alkyl halides is 2. The van der Waals surface area contributed by atoms with Crippen molar-refractivity contribution in [2.75, 3.05) is 6.61 Å². The molecule has 0 spiro atoms. The summed E-state index contributed by atoms with van der Waals surface area (Å²) in [5.41, 5.74) is 0.450. The van der Waals surface area contributed by atoms with Crippen LogP contribution in [0.15, 0.2) is 0 Å². The topological polar surface area (TPSA) is 39.2 Å². The summed E-state index contributed by atoms with van der Waals surface area (Å²) < 4.78 is 6.47. The van der Waals surface area contributed by atoms with E-state index in [9.17, 15) is 4.79 Å². The van der Waals surface area contributed by atoms with Gasteiger partial charge in [-0.05, 0) is 43.4 Å². The number of esters is 1. The fourth-order valence-electron chi connectivity index (χ4n) is 0.753. The van der Waals surface area contributed by atoms with Crippen molar-refractivity contribution < 1.29 is 9.53 Å². The lowest BCUT2D eigenvalue weighted by molar-refractivity contribution is 0.0519. The minimum atomic E-state index is -0.325. The van der Waals surface area contributed by atoms with Gasteiger partial charge in [-0.15, -0.1) is 11.3 Å². The van der Waals surface area contributed by atoms with Crippen molar-refractivity contribution in [3.63, 3.8) is 0 Å². The Morgan fingerprint density at radius 1 is 1.56 bits per heavy atom. The molecule has 7 heteroatoms. The van der Waals surface area contributed by atoms with Crippen molar-refractivity contribution in [1.29, 1.82) is 0 Å². The molecular weight excluding hydrogens is 567 g/mol. The van der Waals surface area contributed by atoms with E-state index in [4.69, 9.17) is 4.74 Å². The molecule has 0 bridgehead atoms. The lowest BCUT2D eigenvalue weighted by Crippen LogP contribution is -2.06. The highest BCUT2D eigenvalue weighted by Crippen LogP contribution is 2.19. The van der Waals surface area contributed by atoms with Crippen molar-refractivity contribution >= 4 is 85.1 Å². The minimum Gasteiger partial charge on any atom is -0.461 e. The predicted molar refractivity (Wildman–Crippen MR) is 93.0 cm³/mol. The Kier molecular flexibility index (Phi) is 10.00. The third kappa shape index (κ3) is 7.58. The number of carbonyl (C=O) groups is 1. The molecule has 1 heterocycles. The van der Waals surface area contributed by atoms with E-state index in [0.29, 0.717) is 12.3 Å². The van der Waals surface area contributed by atoms with Crippen molar-refractivity contribution in [1.82, 2.24) is 4.98 Å². The maximum atomic E-state index is 11.2. The fourth-order valence-corrected chi connectivity index (χ4v) is 2.60. The number of halogens is 3. The van der Waals surface area contributed by atoms with E-state index in [-0.39, 0.29) is 5.97 Å². The van der Waals surface area contributed by atoms with Gasteiger partial charge in [-0.1, -0.05) is 45.2 Å². The molecule has 0 atom stereocenters. The Hall–Kier alpha value is 1.29. The fraction of sp³-hybridized carbons (Fsp3) is 0.556. The number of hydrogen-bond donors (Lipinski definition) is 0. The van der Waals surface area contributed by atoms with Crippen LogP contribution in [0.1, 0.15) is 29.2 Å². The van der Waals surface area contributed by atoms with Crippen molar-refractivity contribution in [2.45, 2.75) is 22.7 Å². The number of nitrogens with zero attached hydrogens (tertiary/aromatic N) is 1. The van der Waals surface area contributed by atoms with Gasteiger partial charge in [-0.2, -0.15) is 0 Å². The van der Waals surface area contributed by atoms with Crippen LogP contribution in [0, 0.1) is 9.94 Å². The molecule has 0 aliphatic carbocycles. The molecule has 0 radical (unpaired) electrons. The summed E-state index contributed by atoms with van der Waals surface area (Å²) in [6.07, 6.45) is 0. The summed E-state index contributed by atoms with van der Waals surface area (Å²) in [4.78, 5) is 16.2. The largest absolute Gasteiger partial charge is 0.461 e. The first-order valence-corrected chi connectivity index (χ1v) is 8.85. The number of aromatic nitrogens is 1. The zero-order valence-electron chi connectivity index (χ0n) is 9.09. The summed E-state index contributed by atoms with van der Waals surface area (Å²) in [6, 6.07) is 0. The summed E-state index contributed by atoms with van der Waals surface area (Å²) >= 11 is 8.25. The second-order valence-corrected chi connectivity index (χ2v) is 11.7. The Morgan fingerprint density at radius 2 is 2.06 bits per heavy atom. The SMILES string of the molecule is CC(I)I.CCOC(=O)c1nc(I)sc1C. The van der Waals surface area contributed by atoms with Crippen LogP contribution in [-0.2, 0) is 4.74 Å². The maximum absolute atomic E-state index is 11.2. The molecule has 92 valence electrons. The van der Waals surface area contributed by atoms with E-state index in [2.05, 4.69) is 79.7 Å². The van der Waals surface area contributed by atoms with Gasteiger partial charge in [0.1, 0.15) is 0 Å². The number of rotatable bonds is 2. The third-order valence-electron chi connectivity index (χ3n) is 1.24. The lowest BCUT2D eigenvalue weighted by atomic mass is 10.4. The maximum Gasteiger partial charge on any atom is 0.358 e. The number of hydrogen-bond acceptors (Lipinski definition) is 4. The van der Waals surface area contributed by atoms with E-state index in [1.807, 2.05) is 6.92 Å². The smallest absolute Gasteiger partial charge is 0.358 e. The van der Waals surface area contributed by atoms with Crippen LogP contribution in [0.25, 0.3) is 0 Å². The monoisotopic (exact) mass is 579 g/mol. The molecule has 1 rings (SSSR count). The van der Waals surface area contributed by atoms with E-state index in [1.165, 1.54) is 11.3 Å². The number of thiazole rings is 1. The Labute approximate surface area is 141 Å². The van der Waals surface area contributed by atoms with Crippen LogP contribution in [0.5, 0.6) is 0 Å². The molecule has 1 aromatic rings. The molecule has 1 aromatic heterocycles. The van der Waals surface area contributed by atoms with E-state index in [0.717, 1.165) is 9.82 Å². The van der Waals surface area contributed by atoms with Crippen LogP contribution >= 0.6 is 79.1 Å². The normalized spacial score (nSPS) is 9.69. The van der Waals surface area contributed by atoms with Crippen molar-refractivity contribution in [3.8, 4) is 0 Å². The summed E-state index contributed by atoms with van der Waals surface area (Å²) in [5, 5.41) is 0. The zero-order valence-corrected chi connectivity index (χ0v) is 16.4. The van der Waals surface area contributed by atoms with Gasteiger partial charge in [0.05, 0.1) is 8.54 Å². The van der Waals surface area contributed by atoms with Gasteiger partial charge in [0, 0.05) is 4.88 Å². The van der Waals surface area contributed by atoms with Crippen LogP contribution < -0.4 is 0 Å². The molecule has 16 heavy (non-hydrogen) atoms. The summed E-state index contributed by atoms with van der Waals surface area (Å²) in [6.45, 7) is 6.18. The Morgan fingerprint density at radius 3 is 2.38 bits per heavy atom. The average Bonchev–Trinajstić information content (AvgIpc) is 2.44. The quantitative estimate of drug-likeness (QED) is 0.296. The number of ether oxygens (including phenoxy) is 1. The molecule has 0 unspecified atom stereocenters. The Balaban J connectivity index is 0.000000487. The van der Waals surface area contributed by atoms with Gasteiger partial charge in [0.15, 0.2) is 8.71 Å². The molecule has 0 saturated heterocycles. The average molecular weight is 579 g/mol.